The molecule has 0 radical (unpaired) electrons. The largest absolute Gasteiger partial charge is 0.416 e. The Bertz CT molecular complexity index is 424. The molecule has 0 heterocycles. The summed E-state index contributed by atoms with van der Waals surface area (Å²) in [6.45, 7) is 0.411. The molecule has 0 amide bonds. The highest BCUT2D eigenvalue weighted by Gasteiger charge is 2.30. The van der Waals surface area contributed by atoms with Gasteiger partial charge in [-0.25, -0.2) is 0 Å². The van der Waals surface area contributed by atoms with Gasteiger partial charge in [0.25, 0.3) is 0 Å². The van der Waals surface area contributed by atoms with Crippen molar-refractivity contribution in [3.05, 3.63) is 28.8 Å². The van der Waals surface area contributed by atoms with Gasteiger partial charge in [-0.2, -0.15) is 18.4 Å². The minimum atomic E-state index is -4.38. The van der Waals surface area contributed by atoms with Crippen molar-refractivity contribution >= 4 is 17.3 Å². The molecule has 0 aromatic heterocycles. The summed E-state index contributed by atoms with van der Waals surface area (Å²) < 4.78 is 37.3. The van der Waals surface area contributed by atoms with E-state index in [0.29, 0.717) is 19.4 Å². The van der Waals surface area contributed by atoms with Crippen LogP contribution in [0.3, 0.4) is 0 Å². The molecular weight excluding hydrogens is 253 g/mol. The van der Waals surface area contributed by atoms with Crippen LogP contribution >= 0.6 is 11.6 Å². The third kappa shape index (κ3) is 4.16. The lowest BCUT2D eigenvalue weighted by Gasteiger charge is -2.11. The van der Waals surface area contributed by atoms with Gasteiger partial charge >= 0.3 is 6.18 Å². The second-order valence-electron chi connectivity index (χ2n) is 3.38. The van der Waals surface area contributed by atoms with Gasteiger partial charge in [-0.3, -0.25) is 0 Å². The summed E-state index contributed by atoms with van der Waals surface area (Å²) in [7, 11) is 0. The molecule has 0 aliphatic carbocycles. The molecule has 1 rings (SSSR count). The molecule has 6 heteroatoms. The molecule has 0 atom stereocenters. The van der Waals surface area contributed by atoms with Gasteiger partial charge < -0.3 is 5.32 Å². The van der Waals surface area contributed by atoms with Crippen LogP contribution in [-0.4, -0.2) is 6.54 Å². The monoisotopic (exact) mass is 262 g/mol. The topological polar surface area (TPSA) is 35.8 Å². The molecule has 0 saturated carbocycles. The summed E-state index contributed by atoms with van der Waals surface area (Å²) in [5.74, 6) is 0. The van der Waals surface area contributed by atoms with E-state index in [1.54, 1.807) is 0 Å². The third-order valence-corrected chi connectivity index (χ3v) is 2.40. The molecule has 0 saturated heterocycles. The maximum Gasteiger partial charge on any atom is 0.416 e. The Labute approximate surface area is 102 Å². The number of alkyl halides is 3. The summed E-state index contributed by atoms with van der Waals surface area (Å²) in [5, 5.41) is 11.3. The van der Waals surface area contributed by atoms with E-state index in [-0.39, 0.29) is 10.7 Å². The van der Waals surface area contributed by atoms with E-state index in [4.69, 9.17) is 16.9 Å². The van der Waals surface area contributed by atoms with E-state index >= 15 is 0 Å². The number of rotatable bonds is 4. The Hall–Kier alpha value is -1.41. The van der Waals surface area contributed by atoms with Gasteiger partial charge in [0, 0.05) is 13.0 Å². The van der Waals surface area contributed by atoms with Crippen molar-refractivity contribution in [1.29, 1.82) is 5.26 Å². The quantitative estimate of drug-likeness (QED) is 0.830. The van der Waals surface area contributed by atoms with Crippen molar-refractivity contribution in [2.75, 3.05) is 11.9 Å². The lowest BCUT2D eigenvalue weighted by atomic mass is 10.2. The van der Waals surface area contributed by atoms with Crippen LogP contribution in [0.2, 0.25) is 5.02 Å². The van der Waals surface area contributed by atoms with Crippen molar-refractivity contribution in [2.24, 2.45) is 0 Å². The van der Waals surface area contributed by atoms with Crippen LogP contribution in [-0.2, 0) is 6.18 Å². The molecule has 1 aromatic rings. The first-order chi connectivity index (χ1) is 7.95. The Balaban J connectivity index is 2.74. The Morgan fingerprint density at radius 3 is 2.65 bits per heavy atom. The Morgan fingerprint density at radius 2 is 2.06 bits per heavy atom. The van der Waals surface area contributed by atoms with Crippen molar-refractivity contribution < 1.29 is 13.2 Å². The van der Waals surface area contributed by atoms with Gasteiger partial charge in [0.1, 0.15) is 0 Å². The minimum Gasteiger partial charge on any atom is -0.384 e. The first-order valence-corrected chi connectivity index (χ1v) is 5.30. The van der Waals surface area contributed by atoms with Crippen LogP contribution in [0.15, 0.2) is 18.2 Å². The Morgan fingerprint density at radius 1 is 1.35 bits per heavy atom. The average Bonchev–Trinajstić information content (AvgIpc) is 2.25. The zero-order valence-electron chi connectivity index (χ0n) is 8.81. The van der Waals surface area contributed by atoms with Crippen LogP contribution in [0.4, 0.5) is 18.9 Å². The normalized spacial score (nSPS) is 11.0. The van der Waals surface area contributed by atoms with Crippen LogP contribution in [0.25, 0.3) is 0 Å². The SMILES string of the molecule is N#CCCCNc1cc(C(F)(F)F)ccc1Cl. The first-order valence-electron chi connectivity index (χ1n) is 4.92. The summed E-state index contributed by atoms with van der Waals surface area (Å²) in [6.07, 6.45) is -3.47. The van der Waals surface area contributed by atoms with E-state index < -0.39 is 11.7 Å². The summed E-state index contributed by atoms with van der Waals surface area (Å²) in [5.41, 5.74) is -0.510. The van der Waals surface area contributed by atoms with Crippen LogP contribution in [0.5, 0.6) is 0 Å². The second kappa shape index (κ2) is 5.78. The fourth-order valence-electron chi connectivity index (χ4n) is 1.23. The fraction of sp³-hybridized carbons (Fsp3) is 0.364. The van der Waals surface area contributed by atoms with Gasteiger partial charge in [-0.05, 0) is 24.6 Å². The lowest BCUT2D eigenvalue weighted by Crippen LogP contribution is -2.07. The van der Waals surface area contributed by atoms with E-state index in [1.165, 1.54) is 6.07 Å². The molecule has 0 spiro atoms. The van der Waals surface area contributed by atoms with E-state index in [2.05, 4.69) is 5.32 Å². The number of nitrogens with one attached hydrogen (secondary N) is 1. The van der Waals surface area contributed by atoms with Crippen molar-refractivity contribution in [2.45, 2.75) is 19.0 Å². The number of unbranched alkanes of at least 4 members (excludes halogenated alkanes) is 1. The highest BCUT2D eigenvalue weighted by atomic mass is 35.5. The van der Waals surface area contributed by atoms with Gasteiger partial charge in [0.15, 0.2) is 0 Å². The number of nitrogens with zero attached hydrogens (tertiary/aromatic N) is 1. The van der Waals surface area contributed by atoms with Crippen LogP contribution in [0, 0.1) is 11.3 Å². The molecule has 0 fully saturated rings. The Kier molecular flexibility index (Phi) is 4.64. The van der Waals surface area contributed by atoms with Crippen LogP contribution in [0.1, 0.15) is 18.4 Å². The molecule has 0 bridgehead atoms. The van der Waals surface area contributed by atoms with Gasteiger partial charge in [0.05, 0.1) is 22.3 Å². The third-order valence-electron chi connectivity index (χ3n) is 2.07. The minimum absolute atomic E-state index is 0.231. The number of halogens is 4. The van der Waals surface area contributed by atoms with Gasteiger partial charge in [-0.1, -0.05) is 11.6 Å². The molecule has 0 aliphatic rings. The highest BCUT2D eigenvalue weighted by molar-refractivity contribution is 6.33. The lowest BCUT2D eigenvalue weighted by molar-refractivity contribution is -0.137. The van der Waals surface area contributed by atoms with Crippen molar-refractivity contribution in [3.8, 4) is 6.07 Å². The van der Waals surface area contributed by atoms with Crippen molar-refractivity contribution in [3.63, 3.8) is 0 Å². The summed E-state index contributed by atoms with van der Waals surface area (Å²) >= 11 is 5.76. The molecule has 92 valence electrons. The first kappa shape index (κ1) is 13.7. The molecular formula is C11H10ClF3N2. The molecule has 0 aliphatic heterocycles. The number of hydrogen-bond acceptors (Lipinski definition) is 2. The van der Waals surface area contributed by atoms with Gasteiger partial charge in [-0.15, -0.1) is 0 Å². The number of anilines is 1. The van der Waals surface area contributed by atoms with E-state index in [0.717, 1.165) is 12.1 Å². The molecule has 0 unspecified atom stereocenters. The zero-order valence-corrected chi connectivity index (χ0v) is 9.57. The maximum atomic E-state index is 12.4. The predicted octanol–water partition coefficient (Wildman–Crippen LogP) is 4.07. The molecule has 1 aromatic carbocycles. The molecule has 17 heavy (non-hydrogen) atoms. The van der Waals surface area contributed by atoms with E-state index in [1.807, 2.05) is 6.07 Å². The van der Waals surface area contributed by atoms with Gasteiger partial charge in [0.2, 0.25) is 0 Å². The maximum absolute atomic E-state index is 12.4. The number of nitriles is 1. The predicted molar refractivity (Wildman–Crippen MR) is 59.8 cm³/mol. The van der Waals surface area contributed by atoms with Crippen LogP contribution < -0.4 is 5.32 Å². The van der Waals surface area contributed by atoms with Crippen molar-refractivity contribution in [1.82, 2.24) is 0 Å². The average molecular weight is 263 g/mol. The smallest absolute Gasteiger partial charge is 0.384 e. The summed E-state index contributed by atoms with van der Waals surface area (Å²) in [6, 6.07) is 5.06. The standard InChI is InChI=1S/C11H10ClF3N2/c12-9-4-3-8(11(13,14)15)7-10(9)17-6-2-1-5-16/h3-4,7,17H,1-2,6H2. The summed E-state index contributed by atoms with van der Waals surface area (Å²) in [4.78, 5) is 0. The number of benzene rings is 1. The molecule has 1 N–H and O–H groups in total. The second-order valence-corrected chi connectivity index (χ2v) is 3.79. The number of hydrogen-bond donors (Lipinski definition) is 1. The van der Waals surface area contributed by atoms with E-state index in [9.17, 15) is 13.2 Å². The fourth-order valence-corrected chi connectivity index (χ4v) is 1.41. The highest BCUT2D eigenvalue weighted by Crippen LogP contribution is 2.33. The molecule has 2 nitrogen and oxygen atoms in total. The zero-order chi connectivity index (χ0) is 12.9.